The number of alkyl halides is 2. The lowest BCUT2D eigenvalue weighted by molar-refractivity contribution is -0.131. The molecule has 0 aliphatic heterocycles. The van der Waals surface area contributed by atoms with Crippen LogP contribution in [0.15, 0.2) is 24.3 Å². The molecule has 0 unspecified atom stereocenters. The highest BCUT2D eigenvalue weighted by atomic mass is 19.3. The minimum Gasteiger partial charge on any atom is -0.478 e. The summed E-state index contributed by atoms with van der Waals surface area (Å²) in [5.41, 5.74) is -0.138. The Balaban J connectivity index is 2.99. The van der Waals surface area contributed by atoms with Crippen molar-refractivity contribution in [1.29, 1.82) is 0 Å². The zero-order valence-corrected chi connectivity index (χ0v) is 7.86. The molecule has 1 aromatic rings. The van der Waals surface area contributed by atoms with Gasteiger partial charge in [-0.1, -0.05) is 12.1 Å². The summed E-state index contributed by atoms with van der Waals surface area (Å²) in [5.74, 6) is -2.91. The minimum absolute atomic E-state index is 0.138. The Morgan fingerprint density at radius 2 is 2.12 bits per heavy atom. The van der Waals surface area contributed by atoms with Crippen molar-refractivity contribution in [3.05, 3.63) is 35.7 Å². The van der Waals surface area contributed by atoms with Gasteiger partial charge in [-0.25, -0.2) is 9.18 Å². The third kappa shape index (κ3) is 3.30. The number of benzene rings is 1. The van der Waals surface area contributed by atoms with Crippen molar-refractivity contribution in [2.45, 2.75) is 6.61 Å². The Morgan fingerprint density at radius 3 is 2.69 bits per heavy atom. The van der Waals surface area contributed by atoms with Crippen LogP contribution in [0.2, 0.25) is 0 Å². The first-order valence-corrected chi connectivity index (χ1v) is 4.15. The van der Waals surface area contributed by atoms with Crippen LogP contribution < -0.4 is 4.74 Å². The molecule has 0 saturated carbocycles. The molecule has 0 aromatic heterocycles. The summed E-state index contributed by atoms with van der Waals surface area (Å²) < 4.78 is 41.0. The van der Waals surface area contributed by atoms with Crippen LogP contribution in [-0.2, 0) is 4.79 Å². The SMILES string of the molecule is O=C(O)/C=C/c1cccc(OC(F)F)c1F. The van der Waals surface area contributed by atoms with Gasteiger partial charge in [0.15, 0.2) is 11.6 Å². The van der Waals surface area contributed by atoms with E-state index in [-0.39, 0.29) is 5.56 Å². The van der Waals surface area contributed by atoms with E-state index in [1.165, 1.54) is 12.1 Å². The molecule has 1 rings (SSSR count). The number of carboxylic acids is 1. The number of carboxylic acid groups (broad SMARTS) is 1. The monoisotopic (exact) mass is 232 g/mol. The molecule has 0 bridgehead atoms. The number of rotatable bonds is 4. The molecule has 0 atom stereocenters. The topological polar surface area (TPSA) is 46.5 Å². The van der Waals surface area contributed by atoms with Crippen molar-refractivity contribution < 1.29 is 27.8 Å². The van der Waals surface area contributed by atoms with Crippen molar-refractivity contribution in [2.75, 3.05) is 0 Å². The second-order valence-electron chi connectivity index (χ2n) is 2.71. The molecule has 0 fully saturated rings. The molecule has 86 valence electrons. The van der Waals surface area contributed by atoms with Crippen LogP contribution >= 0.6 is 0 Å². The lowest BCUT2D eigenvalue weighted by Gasteiger charge is -2.06. The average Bonchev–Trinajstić information content (AvgIpc) is 2.18. The van der Waals surface area contributed by atoms with Crippen LogP contribution in [0.1, 0.15) is 5.56 Å². The molecular formula is C10H7F3O3. The second kappa shape index (κ2) is 5.20. The first-order chi connectivity index (χ1) is 7.50. The Morgan fingerprint density at radius 1 is 1.44 bits per heavy atom. The lowest BCUT2D eigenvalue weighted by Crippen LogP contribution is -2.04. The average molecular weight is 232 g/mol. The molecule has 6 heteroatoms. The fourth-order valence-electron chi connectivity index (χ4n) is 1.00. The third-order valence-electron chi connectivity index (χ3n) is 1.61. The van der Waals surface area contributed by atoms with Crippen molar-refractivity contribution in [3.8, 4) is 5.75 Å². The molecule has 0 radical (unpaired) electrons. The van der Waals surface area contributed by atoms with E-state index in [1.807, 2.05) is 0 Å². The quantitative estimate of drug-likeness (QED) is 0.811. The van der Waals surface area contributed by atoms with E-state index in [4.69, 9.17) is 5.11 Å². The number of hydrogen-bond acceptors (Lipinski definition) is 2. The number of hydrogen-bond donors (Lipinski definition) is 1. The predicted molar refractivity (Wildman–Crippen MR) is 49.7 cm³/mol. The molecule has 1 N–H and O–H groups in total. The first kappa shape index (κ1) is 12.1. The predicted octanol–water partition coefficient (Wildman–Crippen LogP) is 2.52. The first-order valence-electron chi connectivity index (χ1n) is 4.15. The molecule has 0 aliphatic rings. The molecule has 0 heterocycles. The molecule has 0 amide bonds. The summed E-state index contributed by atoms with van der Waals surface area (Å²) in [6.45, 7) is -3.13. The standard InChI is InChI=1S/C10H7F3O3/c11-9-6(4-5-8(14)15)2-1-3-7(9)16-10(12)13/h1-5,10H,(H,14,15)/b5-4+. The van der Waals surface area contributed by atoms with E-state index in [0.29, 0.717) is 6.08 Å². The van der Waals surface area contributed by atoms with Gasteiger partial charge in [-0.05, 0) is 12.1 Å². The highest BCUT2D eigenvalue weighted by molar-refractivity contribution is 5.85. The Hall–Kier alpha value is -1.98. The Bertz CT molecular complexity index is 416. The van der Waals surface area contributed by atoms with Crippen LogP contribution in [0, 0.1) is 5.82 Å². The smallest absolute Gasteiger partial charge is 0.387 e. The van der Waals surface area contributed by atoms with Gasteiger partial charge in [-0.15, -0.1) is 0 Å². The highest BCUT2D eigenvalue weighted by Gasteiger charge is 2.11. The third-order valence-corrected chi connectivity index (χ3v) is 1.61. The van der Waals surface area contributed by atoms with Crippen LogP contribution in [-0.4, -0.2) is 17.7 Å². The number of aliphatic carboxylic acids is 1. The fraction of sp³-hybridized carbons (Fsp3) is 0.100. The Kier molecular flexibility index (Phi) is 3.93. The van der Waals surface area contributed by atoms with Crippen molar-refractivity contribution in [2.24, 2.45) is 0 Å². The van der Waals surface area contributed by atoms with E-state index >= 15 is 0 Å². The van der Waals surface area contributed by atoms with E-state index in [9.17, 15) is 18.0 Å². The van der Waals surface area contributed by atoms with Gasteiger partial charge in [-0.2, -0.15) is 8.78 Å². The molecule has 3 nitrogen and oxygen atoms in total. The van der Waals surface area contributed by atoms with Gasteiger partial charge in [0.2, 0.25) is 0 Å². The van der Waals surface area contributed by atoms with Gasteiger partial charge < -0.3 is 9.84 Å². The van der Waals surface area contributed by atoms with Crippen molar-refractivity contribution in [3.63, 3.8) is 0 Å². The second-order valence-corrected chi connectivity index (χ2v) is 2.71. The van der Waals surface area contributed by atoms with Crippen molar-refractivity contribution in [1.82, 2.24) is 0 Å². The van der Waals surface area contributed by atoms with E-state index in [0.717, 1.165) is 12.1 Å². The van der Waals surface area contributed by atoms with Crippen LogP contribution in [0.25, 0.3) is 6.08 Å². The van der Waals surface area contributed by atoms with E-state index in [2.05, 4.69) is 4.74 Å². The van der Waals surface area contributed by atoms with Crippen LogP contribution in [0.5, 0.6) is 5.75 Å². The number of halogens is 3. The summed E-state index contributed by atoms with van der Waals surface area (Å²) in [6.07, 6.45) is 1.65. The summed E-state index contributed by atoms with van der Waals surface area (Å²) in [4.78, 5) is 10.2. The molecule has 0 aliphatic carbocycles. The maximum atomic E-state index is 13.4. The normalized spacial score (nSPS) is 11.0. The minimum atomic E-state index is -3.13. The van der Waals surface area contributed by atoms with Gasteiger partial charge in [0.05, 0.1) is 0 Å². The summed E-state index contributed by atoms with van der Waals surface area (Å²) in [5, 5.41) is 8.32. The molecule has 0 spiro atoms. The van der Waals surface area contributed by atoms with Gasteiger partial charge in [0.25, 0.3) is 0 Å². The van der Waals surface area contributed by atoms with Gasteiger partial charge in [0.1, 0.15) is 0 Å². The van der Waals surface area contributed by atoms with E-state index < -0.39 is 24.1 Å². The highest BCUT2D eigenvalue weighted by Crippen LogP contribution is 2.23. The van der Waals surface area contributed by atoms with Crippen LogP contribution in [0.4, 0.5) is 13.2 Å². The van der Waals surface area contributed by atoms with Crippen LogP contribution in [0.3, 0.4) is 0 Å². The largest absolute Gasteiger partial charge is 0.478 e. The van der Waals surface area contributed by atoms with Gasteiger partial charge in [0, 0.05) is 11.6 Å². The summed E-state index contributed by atoms with van der Waals surface area (Å²) >= 11 is 0. The van der Waals surface area contributed by atoms with Crippen molar-refractivity contribution >= 4 is 12.0 Å². The zero-order valence-electron chi connectivity index (χ0n) is 7.86. The maximum absolute atomic E-state index is 13.4. The summed E-state index contributed by atoms with van der Waals surface area (Å²) in [6, 6.07) is 3.55. The maximum Gasteiger partial charge on any atom is 0.387 e. The molecule has 16 heavy (non-hydrogen) atoms. The summed E-state index contributed by atoms with van der Waals surface area (Å²) in [7, 11) is 0. The number of carbonyl (C=O) groups is 1. The lowest BCUT2D eigenvalue weighted by atomic mass is 10.2. The van der Waals surface area contributed by atoms with E-state index in [1.54, 1.807) is 0 Å². The fourth-order valence-corrected chi connectivity index (χ4v) is 1.00. The van der Waals surface area contributed by atoms with Gasteiger partial charge in [-0.3, -0.25) is 0 Å². The molecule has 1 aromatic carbocycles. The zero-order chi connectivity index (χ0) is 12.1. The van der Waals surface area contributed by atoms with Gasteiger partial charge >= 0.3 is 12.6 Å². The molecule has 0 saturated heterocycles. The molecular weight excluding hydrogens is 225 g/mol. The number of ether oxygens (including phenoxy) is 1. The Labute approximate surface area is 88.8 Å².